The van der Waals surface area contributed by atoms with Crippen LogP contribution in [0.1, 0.15) is 19.8 Å². The van der Waals surface area contributed by atoms with E-state index in [-0.39, 0.29) is 17.3 Å². The van der Waals surface area contributed by atoms with Crippen molar-refractivity contribution in [2.75, 3.05) is 18.8 Å². The van der Waals surface area contributed by atoms with Crippen LogP contribution in [-0.4, -0.2) is 45.3 Å². The molecule has 1 N–H and O–H groups in total. The average molecular weight is 310 g/mol. The number of hydrogen-bond acceptors (Lipinski definition) is 5. The van der Waals surface area contributed by atoms with Gasteiger partial charge in [-0.1, -0.05) is 13.3 Å². The lowest BCUT2D eigenvalue weighted by Crippen LogP contribution is -2.63. The molecule has 6 nitrogen and oxygen atoms in total. The number of nitro groups is 1. The zero-order valence-corrected chi connectivity index (χ0v) is 12.6. The highest BCUT2D eigenvalue weighted by Gasteiger charge is 2.42. The fourth-order valence-corrected chi connectivity index (χ4v) is 3.17. The summed E-state index contributed by atoms with van der Waals surface area (Å²) in [6.45, 7) is 2.81. The lowest BCUT2D eigenvalue weighted by atomic mass is 9.89. The number of nitro benzene ring substituents is 1. The fourth-order valence-electron chi connectivity index (χ4n) is 2.36. The van der Waals surface area contributed by atoms with Crippen LogP contribution in [0.5, 0.6) is 0 Å². The van der Waals surface area contributed by atoms with Crippen LogP contribution in [0.2, 0.25) is 0 Å². The number of amides is 1. The van der Waals surface area contributed by atoms with Crippen LogP contribution in [-0.2, 0) is 4.79 Å². The van der Waals surface area contributed by atoms with Crippen LogP contribution in [0.15, 0.2) is 29.2 Å². The predicted octanol–water partition coefficient (Wildman–Crippen LogP) is 2.06. The third-order valence-electron chi connectivity index (χ3n) is 3.45. The van der Waals surface area contributed by atoms with Gasteiger partial charge >= 0.3 is 0 Å². The van der Waals surface area contributed by atoms with E-state index in [0.29, 0.717) is 19.5 Å². The second-order valence-electron chi connectivity index (χ2n) is 5.26. The van der Waals surface area contributed by atoms with Gasteiger partial charge in [-0.25, -0.2) is 0 Å². The van der Waals surface area contributed by atoms with Gasteiger partial charge in [0.2, 0.25) is 5.91 Å². The molecule has 0 spiro atoms. The quantitative estimate of drug-likeness (QED) is 0.494. The second-order valence-corrected chi connectivity index (χ2v) is 6.31. The van der Waals surface area contributed by atoms with Gasteiger partial charge in [-0.05, 0) is 18.6 Å². The number of carbonyl (C=O) groups is 1. The molecule has 21 heavy (non-hydrogen) atoms. The fraction of sp³-hybridized carbons (Fsp3) is 0.500. The summed E-state index contributed by atoms with van der Waals surface area (Å²) in [5.74, 6) is 0.263. The van der Waals surface area contributed by atoms with E-state index in [0.717, 1.165) is 11.3 Å². The first-order valence-electron chi connectivity index (χ1n) is 6.81. The van der Waals surface area contributed by atoms with Gasteiger partial charge in [-0.3, -0.25) is 14.9 Å². The molecule has 1 saturated heterocycles. The van der Waals surface area contributed by atoms with Crippen LogP contribution in [0.3, 0.4) is 0 Å². The molecule has 0 aromatic heterocycles. The minimum atomic E-state index is -0.706. The first-order chi connectivity index (χ1) is 9.93. The molecule has 1 fully saturated rings. The molecule has 1 amide bonds. The first kappa shape index (κ1) is 15.8. The summed E-state index contributed by atoms with van der Waals surface area (Å²) in [5.41, 5.74) is -0.666. The summed E-state index contributed by atoms with van der Waals surface area (Å²) in [7, 11) is 0. The van der Waals surface area contributed by atoms with Gasteiger partial charge in [-0.2, -0.15) is 0 Å². The Morgan fingerprint density at radius 2 is 2.05 bits per heavy atom. The van der Waals surface area contributed by atoms with Crippen LogP contribution in [0.25, 0.3) is 0 Å². The van der Waals surface area contributed by atoms with Crippen LogP contribution >= 0.6 is 11.8 Å². The molecule has 7 heteroatoms. The Morgan fingerprint density at radius 1 is 1.43 bits per heavy atom. The molecule has 0 bridgehead atoms. The summed E-state index contributed by atoms with van der Waals surface area (Å²) in [4.78, 5) is 24.5. The van der Waals surface area contributed by atoms with Gasteiger partial charge in [0.15, 0.2) is 0 Å². The summed E-state index contributed by atoms with van der Waals surface area (Å²) < 4.78 is 0. The number of thioether (sulfide) groups is 1. The topological polar surface area (TPSA) is 83.7 Å². The lowest BCUT2D eigenvalue weighted by molar-refractivity contribution is -0.384. The van der Waals surface area contributed by atoms with Gasteiger partial charge in [0.25, 0.3) is 5.69 Å². The summed E-state index contributed by atoms with van der Waals surface area (Å²) in [6, 6.07) is 6.13. The van der Waals surface area contributed by atoms with E-state index in [1.165, 1.54) is 23.9 Å². The number of nitrogens with zero attached hydrogens (tertiary/aromatic N) is 2. The SMILES string of the molecule is CCCC1(O)CN(C(=O)CSc2ccc([N+](=O)[O-])cc2)C1. The van der Waals surface area contributed by atoms with Gasteiger partial charge in [0.1, 0.15) is 0 Å². The average Bonchev–Trinajstić information content (AvgIpc) is 2.42. The number of non-ortho nitro benzene ring substituents is 1. The van der Waals surface area contributed by atoms with E-state index in [4.69, 9.17) is 0 Å². The number of benzene rings is 1. The van der Waals surface area contributed by atoms with E-state index < -0.39 is 10.5 Å². The number of β-amino-alcohol motifs (C(OH)–C–C–N with tert-alkyl or cyclic N) is 1. The van der Waals surface area contributed by atoms with Crippen molar-refractivity contribution in [3.05, 3.63) is 34.4 Å². The number of likely N-dealkylation sites (tertiary alicyclic amines) is 1. The van der Waals surface area contributed by atoms with Crippen molar-refractivity contribution in [2.45, 2.75) is 30.3 Å². The molecule has 0 unspecified atom stereocenters. The zero-order chi connectivity index (χ0) is 15.5. The monoisotopic (exact) mass is 310 g/mol. The molecule has 1 heterocycles. The highest BCUT2D eigenvalue weighted by molar-refractivity contribution is 8.00. The van der Waals surface area contributed by atoms with Crippen molar-refractivity contribution in [1.82, 2.24) is 4.90 Å². The second kappa shape index (κ2) is 6.44. The van der Waals surface area contributed by atoms with Crippen LogP contribution in [0.4, 0.5) is 5.69 Å². The maximum Gasteiger partial charge on any atom is 0.269 e. The third kappa shape index (κ3) is 3.95. The van der Waals surface area contributed by atoms with Crippen molar-refractivity contribution < 1.29 is 14.8 Å². The largest absolute Gasteiger partial charge is 0.386 e. The van der Waals surface area contributed by atoms with E-state index in [9.17, 15) is 20.0 Å². The Bertz CT molecular complexity index is 526. The van der Waals surface area contributed by atoms with Crippen molar-refractivity contribution >= 4 is 23.4 Å². The predicted molar refractivity (Wildman–Crippen MR) is 80.3 cm³/mol. The van der Waals surface area contributed by atoms with Crippen LogP contribution in [0, 0.1) is 10.1 Å². The molecular formula is C14H18N2O4S. The van der Waals surface area contributed by atoms with E-state index in [1.54, 1.807) is 17.0 Å². The third-order valence-corrected chi connectivity index (χ3v) is 4.45. The molecule has 1 aliphatic rings. The minimum Gasteiger partial charge on any atom is -0.386 e. The van der Waals surface area contributed by atoms with E-state index in [2.05, 4.69) is 0 Å². The lowest BCUT2D eigenvalue weighted by Gasteiger charge is -2.46. The van der Waals surface area contributed by atoms with Gasteiger partial charge in [-0.15, -0.1) is 11.8 Å². The van der Waals surface area contributed by atoms with Crippen LogP contribution < -0.4 is 0 Å². The van der Waals surface area contributed by atoms with Crippen molar-refractivity contribution in [3.63, 3.8) is 0 Å². The van der Waals surface area contributed by atoms with Crippen molar-refractivity contribution in [2.24, 2.45) is 0 Å². The molecule has 1 aromatic carbocycles. The smallest absolute Gasteiger partial charge is 0.269 e. The number of rotatable bonds is 6. The minimum absolute atomic E-state index is 0.0147. The van der Waals surface area contributed by atoms with Gasteiger partial charge in [0, 0.05) is 17.0 Å². The molecule has 114 valence electrons. The molecule has 1 aliphatic heterocycles. The Hall–Kier alpha value is -1.60. The van der Waals surface area contributed by atoms with E-state index >= 15 is 0 Å². The Kier molecular flexibility index (Phi) is 4.84. The molecule has 0 saturated carbocycles. The summed E-state index contributed by atoms with van der Waals surface area (Å²) in [6.07, 6.45) is 1.61. The molecule has 0 radical (unpaired) electrons. The van der Waals surface area contributed by atoms with Crippen molar-refractivity contribution in [1.29, 1.82) is 0 Å². The molecule has 2 rings (SSSR count). The highest BCUT2D eigenvalue weighted by Crippen LogP contribution is 2.27. The molecule has 0 aliphatic carbocycles. The Balaban J connectivity index is 1.79. The van der Waals surface area contributed by atoms with Gasteiger partial charge < -0.3 is 10.0 Å². The Morgan fingerprint density at radius 3 is 2.57 bits per heavy atom. The highest BCUT2D eigenvalue weighted by atomic mass is 32.2. The molecule has 0 atom stereocenters. The maximum absolute atomic E-state index is 12.0. The zero-order valence-electron chi connectivity index (χ0n) is 11.8. The Labute approximate surface area is 127 Å². The number of hydrogen-bond donors (Lipinski definition) is 1. The molecule has 1 aromatic rings. The summed E-state index contributed by atoms with van der Waals surface area (Å²) >= 11 is 1.34. The maximum atomic E-state index is 12.0. The van der Waals surface area contributed by atoms with Crippen molar-refractivity contribution in [3.8, 4) is 0 Å². The number of aliphatic hydroxyl groups is 1. The first-order valence-corrected chi connectivity index (χ1v) is 7.79. The molecular weight excluding hydrogens is 292 g/mol. The normalized spacial score (nSPS) is 16.4. The summed E-state index contributed by atoms with van der Waals surface area (Å²) in [5, 5.41) is 20.6. The van der Waals surface area contributed by atoms with Gasteiger partial charge in [0.05, 0.1) is 29.4 Å². The van der Waals surface area contributed by atoms with E-state index in [1.807, 2.05) is 6.92 Å². The standard InChI is InChI=1S/C14H18N2O4S/c1-2-7-14(18)9-15(10-14)13(17)8-21-12-5-3-11(4-6-12)16(19)20/h3-6,18H,2,7-10H2,1H3. The number of carbonyl (C=O) groups excluding carboxylic acids is 1.